The van der Waals surface area contributed by atoms with Crippen LogP contribution in [0.4, 0.5) is 0 Å². The van der Waals surface area contributed by atoms with E-state index in [1.807, 2.05) is 58.1 Å². The van der Waals surface area contributed by atoms with Crippen molar-refractivity contribution in [3.05, 3.63) is 171 Å². The highest BCUT2D eigenvalue weighted by molar-refractivity contribution is 6.14. The van der Waals surface area contributed by atoms with Gasteiger partial charge in [0.15, 0.2) is 0 Å². The fraction of sp³-hybridized carbons (Fsp3) is 0.250. The maximum absolute atomic E-state index is 4.45. The maximum Gasteiger partial charge on any atom is -0.00203 e. The van der Waals surface area contributed by atoms with Crippen LogP contribution in [0.1, 0.15) is 119 Å². The number of allylic oxidation sites excluding steroid dienone is 6. The Labute approximate surface area is 341 Å². The molecule has 0 aliphatic heterocycles. The van der Waals surface area contributed by atoms with Gasteiger partial charge >= 0.3 is 0 Å². The van der Waals surface area contributed by atoms with Crippen LogP contribution in [-0.2, 0) is 0 Å². The molecule has 0 atom stereocenters. The summed E-state index contributed by atoms with van der Waals surface area (Å²) < 4.78 is 0. The molecule has 56 heavy (non-hydrogen) atoms. The highest BCUT2D eigenvalue weighted by Gasteiger charge is 2.26. The molecule has 0 saturated carbocycles. The average Bonchev–Trinajstić information content (AvgIpc) is 3.24. The summed E-state index contributed by atoms with van der Waals surface area (Å²) in [5.41, 5.74) is 24.3. The Kier molecular flexibility index (Phi) is 16.0. The molecule has 0 radical (unpaired) electrons. The van der Waals surface area contributed by atoms with E-state index >= 15 is 0 Å². The van der Waals surface area contributed by atoms with Crippen molar-refractivity contribution in [3.8, 4) is 33.4 Å². The SMILES string of the molecule is C=Cc1c(-c2ccccc2)ccc(-c2c(C=C)c(C=C)c(-c3c(C)c(C)c(C)c(C(=C\C)/C(C)=C(/C)C(C)=C(C)C)c3C)c3ccccc23)c1C=C.CC.CC. The van der Waals surface area contributed by atoms with Gasteiger partial charge in [0.2, 0.25) is 0 Å². The number of hydrogen-bond donors (Lipinski definition) is 0. The molecule has 5 rings (SSSR count). The highest BCUT2D eigenvalue weighted by Crippen LogP contribution is 2.49. The lowest BCUT2D eigenvalue weighted by molar-refractivity contribution is 1.18. The molecule has 0 N–H and O–H groups in total. The van der Waals surface area contributed by atoms with E-state index < -0.39 is 0 Å². The van der Waals surface area contributed by atoms with Gasteiger partial charge in [-0.3, -0.25) is 0 Å². The maximum atomic E-state index is 4.45. The van der Waals surface area contributed by atoms with E-state index in [-0.39, 0.29) is 0 Å². The third kappa shape index (κ3) is 8.08. The number of benzene rings is 5. The summed E-state index contributed by atoms with van der Waals surface area (Å²) in [5.74, 6) is 0. The van der Waals surface area contributed by atoms with Crippen molar-refractivity contribution < 1.29 is 0 Å². The van der Waals surface area contributed by atoms with Gasteiger partial charge in [0.25, 0.3) is 0 Å². The Morgan fingerprint density at radius 2 is 0.911 bits per heavy atom. The zero-order valence-electron chi connectivity index (χ0n) is 37.1. The molecule has 0 heterocycles. The normalized spacial score (nSPS) is 11.4. The van der Waals surface area contributed by atoms with Gasteiger partial charge in [-0.25, -0.2) is 0 Å². The predicted molar refractivity (Wildman–Crippen MR) is 258 cm³/mol. The second-order valence-electron chi connectivity index (χ2n) is 14.1. The van der Waals surface area contributed by atoms with E-state index in [2.05, 4.69) is 162 Å². The van der Waals surface area contributed by atoms with Crippen molar-refractivity contribution in [2.75, 3.05) is 0 Å². The van der Waals surface area contributed by atoms with Gasteiger partial charge in [0.1, 0.15) is 0 Å². The monoisotopic (exact) mass is 739 g/mol. The topological polar surface area (TPSA) is 0 Å². The molecule has 0 fully saturated rings. The fourth-order valence-corrected chi connectivity index (χ4v) is 8.16. The van der Waals surface area contributed by atoms with Crippen molar-refractivity contribution in [2.24, 2.45) is 0 Å². The molecule has 290 valence electrons. The average molecular weight is 739 g/mol. The van der Waals surface area contributed by atoms with Gasteiger partial charge in [-0.1, -0.05) is 157 Å². The van der Waals surface area contributed by atoms with Crippen molar-refractivity contribution in [2.45, 2.75) is 96.9 Å². The minimum Gasteiger partial charge on any atom is -0.0984 e. The van der Waals surface area contributed by atoms with E-state index in [1.165, 1.54) is 77.6 Å². The van der Waals surface area contributed by atoms with Crippen LogP contribution in [-0.4, -0.2) is 0 Å². The second kappa shape index (κ2) is 19.9. The molecule has 0 saturated heterocycles. The molecular formula is C56H66. The highest BCUT2D eigenvalue weighted by atomic mass is 14.3. The Balaban J connectivity index is 0.00000204. The zero-order chi connectivity index (χ0) is 42.0. The zero-order valence-corrected chi connectivity index (χ0v) is 37.1. The van der Waals surface area contributed by atoms with Gasteiger partial charge < -0.3 is 0 Å². The van der Waals surface area contributed by atoms with Crippen LogP contribution in [0.3, 0.4) is 0 Å². The Morgan fingerprint density at radius 3 is 1.41 bits per heavy atom. The lowest BCUT2D eigenvalue weighted by Crippen LogP contribution is -2.06. The number of fused-ring (bicyclic) bond motifs is 1. The van der Waals surface area contributed by atoms with E-state index in [0.717, 1.165) is 44.5 Å². The molecule has 0 amide bonds. The molecule has 0 aliphatic carbocycles. The third-order valence-electron chi connectivity index (χ3n) is 11.5. The summed E-state index contributed by atoms with van der Waals surface area (Å²) >= 11 is 0. The molecule has 5 aromatic rings. The van der Waals surface area contributed by atoms with Gasteiger partial charge in [-0.05, 0) is 186 Å². The Hall–Kier alpha value is -5.46. The predicted octanol–water partition coefficient (Wildman–Crippen LogP) is 17.8. The molecule has 0 unspecified atom stereocenters. The Morgan fingerprint density at radius 1 is 0.446 bits per heavy atom. The van der Waals surface area contributed by atoms with Gasteiger partial charge in [-0.2, -0.15) is 0 Å². The minimum atomic E-state index is 1.05. The lowest BCUT2D eigenvalue weighted by atomic mass is 9.76. The van der Waals surface area contributed by atoms with Crippen molar-refractivity contribution in [3.63, 3.8) is 0 Å². The summed E-state index contributed by atoms with van der Waals surface area (Å²) in [6.07, 6.45) is 10.3. The first kappa shape index (κ1) is 44.9. The van der Waals surface area contributed by atoms with Crippen LogP contribution >= 0.6 is 0 Å². The van der Waals surface area contributed by atoms with Gasteiger partial charge in [0, 0.05) is 0 Å². The first-order chi connectivity index (χ1) is 26.9. The summed E-state index contributed by atoms with van der Waals surface area (Å²) in [6, 6.07) is 23.8. The first-order valence-electron chi connectivity index (χ1n) is 20.3. The van der Waals surface area contributed by atoms with E-state index in [9.17, 15) is 0 Å². The second-order valence-corrected chi connectivity index (χ2v) is 14.1. The third-order valence-corrected chi connectivity index (χ3v) is 11.5. The molecule has 0 nitrogen and oxygen atoms in total. The summed E-state index contributed by atoms with van der Waals surface area (Å²) in [6.45, 7) is 47.9. The van der Waals surface area contributed by atoms with Crippen molar-refractivity contribution in [1.29, 1.82) is 0 Å². The molecule has 5 aromatic carbocycles. The number of rotatable bonds is 10. The van der Waals surface area contributed by atoms with Crippen LogP contribution in [0.2, 0.25) is 0 Å². The molecule has 0 aromatic heterocycles. The summed E-state index contributed by atoms with van der Waals surface area (Å²) in [5, 5.41) is 2.35. The van der Waals surface area contributed by atoms with Gasteiger partial charge in [-0.15, -0.1) is 0 Å². The first-order valence-corrected chi connectivity index (χ1v) is 20.3. The molecule has 0 bridgehead atoms. The van der Waals surface area contributed by atoms with Crippen LogP contribution in [0, 0.1) is 27.7 Å². The largest absolute Gasteiger partial charge is 0.0984 e. The van der Waals surface area contributed by atoms with E-state index in [1.54, 1.807) is 0 Å². The van der Waals surface area contributed by atoms with Crippen LogP contribution in [0.5, 0.6) is 0 Å². The smallest absolute Gasteiger partial charge is 0.00203 e. The molecule has 0 heteroatoms. The lowest BCUT2D eigenvalue weighted by Gasteiger charge is -2.28. The van der Waals surface area contributed by atoms with Gasteiger partial charge in [0.05, 0.1) is 0 Å². The molecule has 0 spiro atoms. The standard InChI is InChI=1S/C52H54.2C2H6/c1-15-40(35(11)33(9)32(8)31(6)7)49-36(12)34(10)37(13)50(38(49)14)52-44(19-5)43(18-4)51(46-27-23-24-28-47(46)52)48-30-29-45(39-25-21-20-22-26-39)41(16-2)42(48)17-3;2*1-2/h15-30H,2-5H2,1,6-14H3;2*1-2H3/b35-33-,40-15-;;. The van der Waals surface area contributed by atoms with Crippen LogP contribution in [0.25, 0.3) is 74.0 Å². The van der Waals surface area contributed by atoms with Crippen LogP contribution in [0.15, 0.2) is 121 Å². The minimum absolute atomic E-state index is 1.05. The molecule has 0 aliphatic rings. The van der Waals surface area contributed by atoms with E-state index in [4.69, 9.17) is 0 Å². The van der Waals surface area contributed by atoms with E-state index in [0.29, 0.717) is 0 Å². The fourth-order valence-electron chi connectivity index (χ4n) is 8.16. The summed E-state index contributed by atoms with van der Waals surface area (Å²) in [4.78, 5) is 0. The quantitative estimate of drug-likeness (QED) is 0.125. The van der Waals surface area contributed by atoms with Crippen molar-refractivity contribution >= 4 is 40.6 Å². The van der Waals surface area contributed by atoms with Crippen LogP contribution < -0.4 is 0 Å². The Bertz CT molecular complexity index is 2370. The number of hydrogen-bond acceptors (Lipinski definition) is 0. The summed E-state index contributed by atoms with van der Waals surface area (Å²) in [7, 11) is 0. The molecular weight excluding hydrogens is 673 g/mol. The van der Waals surface area contributed by atoms with Crippen molar-refractivity contribution in [1.82, 2.24) is 0 Å².